The number of hydrogen-bond donors (Lipinski definition) is 1. The molecule has 7 nitrogen and oxygen atoms in total. The number of nitrogens with one attached hydrogen (secondary N) is 1. The Hall–Kier alpha value is -3.78. The monoisotopic (exact) mass is 458 g/mol. The molecule has 5 rings (SSSR count). The maximum absolute atomic E-state index is 13.1. The molecular formula is C25H22N4O3S. The van der Waals surface area contributed by atoms with Gasteiger partial charge in [-0.1, -0.05) is 48.2 Å². The molecule has 2 aromatic heterocycles. The van der Waals surface area contributed by atoms with Crippen molar-refractivity contribution >= 4 is 45.3 Å². The summed E-state index contributed by atoms with van der Waals surface area (Å²) >= 11 is 1.35. The van der Waals surface area contributed by atoms with Gasteiger partial charge in [0.25, 0.3) is 0 Å². The van der Waals surface area contributed by atoms with E-state index < -0.39 is 5.25 Å². The molecule has 0 saturated carbocycles. The summed E-state index contributed by atoms with van der Waals surface area (Å²) in [6.45, 7) is 3.73. The molecule has 2 heterocycles. The fourth-order valence-electron chi connectivity index (χ4n) is 3.76. The van der Waals surface area contributed by atoms with E-state index in [1.807, 2.05) is 79.1 Å². The molecule has 0 aliphatic heterocycles. The number of anilines is 1. The summed E-state index contributed by atoms with van der Waals surface area (Å²) in [5, 5.41) is 13.6. The summed E-state index contributed by atoms with van der Waals surface area (Å²) in [6, 6.07) is 21.4. The molecule has 3 aromatic carbocycles. The molecule has 5 aromatic rings. The van der Waals surface area contributed by atoms with Gasteiger partial charge in [-0.3, -0.25) is 9.36 Å². The van der Waals surface area contributed by atoms with Crippen LogP contribution in [0, 0.1) is 6.92 Å². The Morgan fingerprint density at radius 2 is 1.79 bits per heavy atom. The van der Waals surface area contributed by atoms with E-state index in [0.29, 0.717) is 22.2 Å². The minimum absolute atomic E-state index is 0.172. The molecule has 0 aliphatic carbocycles. The topological polar surface area (TPSA) is 82.2 Å². The number of nitrogens with zero attached hydrogens (tertiary/aromatic N) is 3. The molecule has 0 bridgehead atoms. The van der Waals surface area contributed by atoms with Gasteiger partial charge in [-0.2, -0.15) is 0 Å². The zero-order valence-corrected chi connectivity index (χ0v) is 19.2. The van der Waals surface area contributed by atoms with Crippen LogP contribution in [0.3, 0.4) is 0 Å². The zero-order valence-electron chi connectivity index (χ0n) is 18.4. The summed E-state index contributed by atoms with van der Waals surface area (Å²) in [6.07, 6.45) is 0. The van der Waals surface area contributed by atoms with E-state index in [2.05, 4.69) is 15.5 Å². The molecule has 1 N–H and O–H groups in total. The van der Waals surface area contributed by atoms with Gasteiger partial charge in [0, 0.05) is 22.5 Å². The SMILES string of the molecule is COc1cc2c(cc1NC(=O)C(C)Sc1nnc(C)n1-c1ccccc1)oc1ccccc12. The third-order valence-corrected chi connectivity index (χ3v) is 6.46. The van der Waals surface area contributed by atoms with E-state index in [4.69, 9.17) is 9.15 Å². The highest BCUT2D eigenvalue weighted by Crippen LogP contribution is 2.37. The van der Waals surface area contributed by atoms with Crippen molar-refractivity contribution in [2.24, 2.45) is 0 Å². The Morgan fingerprint density at radius 1 is 1.03 bits per heavy atom. The standard InChI is InChI=1S/C25H22N4O3S/c1-15(33-25-28-27-16(2)29(25)17-9-5-4-6-10-17)24(30)26-20-14-22-19(13-23(20)31-3)18-11-7-8-12-21(18)32-22/h4-15H,1-3H3,(H,26,30). The second-order valence-electron chi connectivity index (χ2n) is 7.60. The molecule has 0 aliphatic rings. The van der Waals surface area contributed by atoms with E-state index >= 15 is 0 Å². The Bertz CT molecular complexity index is 1460. The number of para-hydroxylation sites is 2. The third-order valence-electron chi connectivity index (χ3n) is 5.42. The van der Waals surface area contributed by atoms with E-state index in [1.54, 1.807) is 13.2 Å². The first-order chi connectivity index (χ1) is 16.0. The summed E-state index contributed by atoms with van der Waals surface area (Å²) in [4.78, 5) is 13.1. The van der Waals surface area contributed by atoms with Gasteiger partial charge >= 0.3 is 0 Å². The van der Waals surface area contributed by atoms with Crippen molar-refractivity contribution in [3.8, 4) is 11.4 Å². The van der Waals surface area contributed by atoms with Gasteiger partial charge < -0.3 is 14.5 Å². The van der Waals surface area contributed by atoms with Crippen LogP contribution in [-0.4, -0.2) is 33.0 Å². The number of fused-ring (bicyclic) bond motifs is 3. The van der Waals surface area contributed by atoms with Crippen LogP contribution < -0.4 is 10.1 Å². The van der Waals surface area contributed by atoms with E-state index in [9.17, 15) is 4.79 Å². The number of hydrogen-bond acceptors (Lipinski definition) is 6. The van der Waals surface area contributed by atoms with Crippen LogP contribution in [0.1, 0.15) is 12.7 Å². The number of carbonyl (C=O) groups excluding carboxylic acids is 1. The number of rotatable bonds is 6. The second-order valence-corrected chi connectivity index (χ2v) is 8.90. The number of ether oxygens (including phenoxy) is 1. The minimum Gasteiger partial charge on any atom is -0.495 e. The summed E-state index contributed by atoms with van der Waals surface area (Å²) in [5.41, 5.74) is 2.99. The lowest BCUT2D eigenvalue weighted by molar-refractivity contribution is -0.115. The first-order valence-electron chi connectivity index (χ1n) is 10.5. The van der Waals surface area contributed by atoms with E-state index in [-0.39, 0.29) is 5.91 Å². The molecule has 1 unspecified atom stereocenters. The van der Waals surface area contributed by atoms with Gasteiger partial charge in [0.1, 0.15) is 22.7 Å². The highest BCUT2D eigenvalue weighted by molar-refractivity contribution is 8.00. The smallest absolute Gasteiger partial charge is 0.237 e. The van der Waals surface area contributed by atoms with E-state index in [0.717, 1.165) is 27.9 Å². The van der Waals surface area contributed by atoms with Crippen LogP contribution in [0.2, 0.25) is 0 Å². The van der Waals surface area contributed by atoms with Gasteiger partial charge in [0.15, 0.2) is 5.16 Å². The van der Waals surface area contributed by atoms with Crippen molar-refractivity contribution in [1.29, 1.82) is 0 Å². The number of methoxy groups -OCH3 is 1. The lowest BCUT2D eigenvalue weighted by Gasteiger charge is -2.15. The highest BCUT2D eigenvalue weighted by atomic mass is 32.2. The van der Waals surface area contributed by atoms with Gasteiger partial charge in [-0.05, 0) is 38.1 Å². The normalized spacial score (nSPS) is 12.2. The molecule has 1 atom stereocenters. The molecule has 0 fully saturated rings. The largest absolute Gasteiger partial charge is 0.495 e. The lowest BCUT2D eigenvalue weighted by atomic mass is 10.1. The minimum atomic E-state index is -0.424. The van der Waals surface area contributed by atoms with Crippen LogP contribution in [0.25, 0.3) is 27.6 Å². The van der Waals surface area contributed by atoms with E-state index in [1.165, 1.54) is 11.8 Å². The Balaban J connectivity index is 1.40. The lowest BCUT2D eigenvalue weighted by Crippen LogP contribution is -2.23. The molecule has 8 heteroatoms. The van der Waals surface area contributed by atoms with Gasteiger partial charge in [0.2, 0.25) is 5.91 Å². The number of aromatic nitrogens is 3. The van der Waals surface area contributed by atoms with Crippen molar-refractivity contribution in [2.45, 2.75) is 24.3 Å². The Labute approximate surface area is 194 Å². The van der Waals surface area contributed by atoms with Crippen LogP contribution in [-0.2, 0) is 4.79 Å². The Kier molecular flexibility index (Phi) is 5.51. The number of carbonyl (C=O) groups is 1. The van der Waals surface area contributed by atoms with Gasteiger partial charge in [-0.25, -0.2) is 0 Å². The maximum atomic E-state index is 13.1. The van der Waals surface area contributed by atoms with Gasteiger partial charge in [0.05, 0.1) is 18.0 Å². The van der Waals surface area contributed by atoms with Crippen molar-refractivity contribution in [1.82, 2.24) is 14.8 Å². The fourth-order valence-corrected chi connectivity index (χ4v) is 4.67. The first-order valence-corrected chi connectivity index (χ1v) is 11.4. The van der Waals surface area contributed by atoms with Crippen molar-refractivity contribution in [3.63, 3.8) is 0 Å². The van der Waals surface area contributed by atoms with Crippen LogP contribution >= 0.6 is 11.8 Å². The van der Waals surface area contributed by atoms with Crippen LogP contribution in [0.5, 0.6) is 5.75 Å². The average Bonchev–Trinajstić information content (AvgIpc) is 3.38. The molecule has 0 saturated heterocycles. The quantitative estimate of drug-likeness (QED) is 0.333. The molecular weight excluding hydrogens is 436 g/mol. The molecule has 166 valence electrons. The second kappa shape index (κ2) is 8.63. The fraction of sp³-hybridized carbons (Fsp3) is 0.160. The maximum Gasteiger partial charge on any atom is 0.237 e. The summed E-state index contributed by atoms with van der Waals surface area (Å²) in [7, 11) is 1.59. The highest BCUT2D eigenvalue weighted by Gasteiger charge is 2.22. The van der Waals surface area contributed by atoms with Crippen molar-refractivity contribution < 1.29 is 13.9 Å². The average molecular weight is 459 g/mol. The molecule has 1 amide bonds. The van der Waals surface area contributed by atoms with Crippen LogP contribution in [0.15, 0.2) is 76.3 Å². The number of aryl methyl sites for hydroxylation is 1. The number of furan rings is 1. The Morgan fingerprint density at radius 3 is 2.58 bits per heavy atom. The zero-order chi connectivity index (χ0) is 22.9. The van der Waals surface area contributed by atoms with Crippen LogP contribution in [0.4, 0.5) is 5.69 Å². The van der Waals surface area contributed by atoms with Crippen molar-refractivity contribution in [2.75, 3.05) is 12.4 Å². The first kappa shape index (κ1) is 21.1. The molecule has 0 spiro atoms. The number of benzene rings is 3. The predicted octanol–water partition coefficient (Wildman–Crippen LogP) is 5.60. The molecule has 33 heavy (non-hydrogen) atoms. The summed E-state index contributed by atoms with van der Waals surface area (Å²) in [5.74, 6) is 1.16. The summed E-state index contributed by atoms with van der Waals surface area (Å²) < 4.78 is 13.5. The predicted molar refractivity (Wildman–Crippen MR) is 130 cm³/mol. The van der Waals surface area contributed by atoms with Gasteiger partial charge in [-0.15, -0.1) is 10.2 Å². The third kappa shape index (κ3) is 3.93. The van der Waals surface area contributed by atoms with Crippen molar-refractivity contribution in [3.05, 3.63) is 72.6 Å². The molecule has 0 radical (unpaired) electrons. The number of thioether (sulfide) groups is 1. The number of amides is 1.